The van der Waals surface area contributed by atoms with E-state index in [0.717, 1.165) is 55.8 Å². The van der Waals surface area contributed by atoms with E-state index >= 15 is 0 Å². The molecule has 0 bridgehead atoms. The number of para-hydroxylation sites is 1. The van der Waals surface area contributed by atoms with Gasteiger partial charge in [0.05, 0.1) is 14.2 Å². The Labute approximate surface area is 190 Å². The fourth-order valence-corrected chi connectivity index (χ4v) is 4.12. The molecule has 3 rings (SSSR count). The van der Waals surface area contributed by atoms with E-state index in [-0.39, 0.29) is 18.0 Å². The van der Waals surface area contributed by atoms with Crippen molar-refractivity contribution >= 4 is 17.6 Å². The van der Waals surface area contributed by atoms with Gasteiger partial charge in [-0.2, -0.15) is 0 Å². The normalized spacial score (nSPS) is 15.7. The van der Waals surface area contributed by atoms with Crippen LogP contribution in [0.15, 0.2) is 48.5 Å². The highest BCUT2D eigenvalue weighted by Gasteiger charge is 2.26. The Morgan fingerprint density at radius 3 is 2.56 bits per heavy atom. The smallest absolute Gasteiger partial charge is 0.319 e. The number of carbonyl (C=O) groups excluding carboxylic acids is 2. The molecule has 1 aliphatic heterocycles. The average molecular weight is 440 g/mol. The van der Waals surface area contributed by atoms with Gasteiger partial charge in [0.1, 0.15) is 0 Å². The molecule has 172 valence electrons. The summed E-state index contributed by atoms with van der Waals surface area (Å²) in [5, 5.41) is 5.54. The van der Waals surface area contributed by atoms with Crippen molar-refractivity contribution in [3.05, 3.63) is 54.1 Å². The molecule has 0 spiro atoms. The molecule has 1 unspecified atom stereocenters. The summed E-state index contributed by atoms with van der Waals surface area (Å²) in [5.74, 6) is 1.54. The second-order valence-electron chi connectivity index (χ2n) is 7.96. The minimum absolute atomic E-state index is 0.0991. The number of ether oxygens (including phenoxy) is 2. The Bertz CT molecular complexity index is 888. The van der Waals surface area contributed by atoms with E-state index in [0.29, 0.717) is 13.0 Å². The third-order valence-electron chi connectivity index (χ3n) is 5.82. The van der Waals surface area contributed by atoms with Gasteiger partial charge in [0.15, 0.2) is 11.5 Å². The van der Waals surface area contributed by atoms with Crippen molar-refractivity contribution in [2.24, 2.45) is 0 Å². The highest BCUT2D eigenvalue weighted by atomic mass is 16.5. The van der Waals surface area contributed by atoms with Gasteiger partial charge in [0.25, 0.3) is 0 Å². The van der Waals surface area contributed by atoms with Crippen LogP contribution in [0, 0.1) is 0 Å². The third kappa shape index (κ3) is 6.64. The van der Waals surface area contributed by atoms with Crippen LogP contribution in [0.3, 0.4) is 0 Å². The summed E-state index contributed by atoms with van der Waals surface area (Å²) in [6.07, 6.45) is 5.25. The Hall–Kier alpha value is -3.22. The van der Waals surface area contributed by atoms with Gasteiger partial charge in [0.2, 0.25) is 5.91 Å². The first-order valence-electron chi connectivity index (χ1n) is 11.2. The van der Waals surface area contributed by atoms with Gasteiger partial charge in [-0.25, -0.2) is 4.79 Å². The van der Waals surface area contributed by atoms with Crippen molar-refractivity contribution in [1.29, 1.82) is 0 Å². The van der Waals surface area contributed by atoms with Gasteiger partial charge in [-0.1, -0.05) is 24.3 Å². The van der Waals surface area contributed by atoms with Crippen molar-refractivity contribution in [1.82, 2.24) is 10.2 Å². The first kappa shape index (κ1) is 23.4. The standard InChI is InChI=1S/C25H33N3O4/c1-31-22-14-12-19(18-23(22)32-2)11-13-21-10-6-7-17-28(21)24(29)15-16-26-25(30)27-20-8-4-3-5-9-20/h3-5,8-9,12,14,18,21H,6-7,10-11,13,15-17H2,1-2H3,(H2,26,27,30). The molecule has 0 aromatic heterocycles. The number of aryl methyl sites for hydroxylation is 1. The minimum Gasteiger partial charge on any atom is -0.493 e. The minimum atomic E-state index is -0.298. The van der Waals surface area contributed by atoms with Gasteiger partial charge < -0.3 is 25.0 Å². The van der Waals surface area contributed by atoms with Crippen LogP contribution >= 0.6 is 0 Å². The molecule has 3 amide bonds. The van der Waals surface area contributed by atoms with E-state index in [4.69, 9.17) is 9.47 Å². The van der Waals surface area contributed by atoms with Crippen LogP contribution in [0.1, 0.15) is 37.7 Å². The predicted molar refractivity (Wildman–Crippen MR) is 125 cm³/mol. The number of hydrogen-bond donors (Lipinski definition) is 2. The van der Waals surface area contributed by atoms with E-state index in [9.17, 15) is 9.59 Å². The van der Waals surface area contributed by atoms with Crippen molar-refractivity contribution in [2.45, 2.75) is 44.6 Å². The Balaban J connectivity index is 1.47. The zero-order valence-corrected chi connectivity index (χ0v) is 18.9. The maximum absolute atomic E-state index is 12.9. The van der Waals surface area contributed by atoms with E-state index < -0.39 is 0 Å². The molecule has 2 aromatic carbocycles. The van der Waals surface area contributed by atoms with E-state index in [1.165, 1.54) is 5.56 Å². The summed E-state index contributed by atoms with van der Waals surface area (Å²) in [6, 6.07) is 15.1. The summed E-state index contributed by atoms with van der Waals surface area (Å²) < 4.78 is 10.7. The summed E-state index contributed by atoms with van der Waals surface area (Å²) >= 11 is 0. The number of rotatable bonds is 9. The molecule has 7 heteroatoms. The number of piperidine rings is 1. The third-order valence-corrected chi connectivity index (χ3v) is 5.82. The number of anilines is 1. The number of hydrogen-bond acceptors (Lipinski definition) is 4. The monoisotopic (exact) mass is 439 g/mol. The van der Waals surface area contributed by atoms with Gasteiger partial charge in [0, 0.05) is 31.2 Å². The Morgan fingerprint density at radius 1 is 1.03 bits per heavy atom. The largest absolute Gasteiger partial charge is 0.493 e. The van der Waals surface area contributed by atoms with Crippen molar-refractivity contribution < 1.29 is 19.1 Å². The van der Waals surface area contributed by atoms with Crippen LogP contribution in [0.4, 0.5) is 10.5 Å². The van der Waals surface area contributed by atoms with Gasteiger partial charge in [-0.15, -0.1) is 0 Å². The summed E-state index contributed by atoms with van der Waals surface area (Å²) in [7, 11) is 3.26. The molecule has 0 saturated carbocycles. The Morgan fingerprint density at radius 2 is 1.81 bits per heavy atom. The summed E-state index contributed by atoms with van der Waals surface area (Å²) in [5.41, 5.74) is 1.89. The van der Waals surface area contributed by atoms with Crippen LogP contribution in [-0.4, -0.2) is 50.2 Å². The van der Waals surface area contributed by atoms with Crippen LogP contribution in [-0.2, 0) is 11.2 Å². The first-order valence-corrected chi connectivity index (χ1v) is 11.2. The molecule has 1 saturated heterocycles. The van der Waals surface area contributed by atoms with Crippen molar-refractivity contribution in [3.63, 3.8) is 0 Å². The molecule has 32 heavy (non-hydrogen) atoms. The molecule has 7 nitrogen and oxygen atoms in total. The second-order valence-corrected chi connectivity index (χ2v) is 7.96. The average Bonchev–Trinajstić information content (AvgIpc) is 2.83. The zero-order valence-electron chi connectivity index (χ0n) is 18.9. The predicted octanol–water partition coefficient (Wildman–Crippen LogP) is 4.23. The van der Waals surface area contributed by atoms with Crippen LogP contribution in [0.25, 0.3) is 0 Å². The second kappa shape index (κ2) is 12.0. The zero-order chi connectivity index (χ0) is 22.8. The number of likely N-dealkylation sites (tertiary alicyclic amines) is 1. The lowest BCUT2D eigenvalue weighted by Crippen LogP contribution is -2.45. The summed E-state index contributed by atoms with van der Waals surface area (Å²) in [4.78, 5) is 26.9. The number of benzene rings is 2. The molecule has 0 aliphatic carbocycles. The van der Waals surface area contributed by atoms with Crippen LogP contribution in [0.2, 0.25) is 0 Å². The molecule has 2 N–H and O–H groups in total. The lowest BCUT2D eigenvalue weighted by atomic mass is 9.95. The molecule has 1 fully saturated rings. The first-order chi connectivity index (χ1) is 15.6. The highest BCUT2D eigenvalue weighted by molar-refractivity contribution is 5.89. The maximum Gasteiger partial charge on any atom is 0.319 e. The fourth-order valence-electron chi connectivity index (χ4n) is 4.12. The van der Waals surface area contributed by atoms with E-state index in [1.807, 2.05) is 53.4 Å². The van der Waals surface area contributed by atoms with Crippen molar-refractivity contribution in [2.75, 3.05) is 32.6 Å². The number of nitrogens with one attached hydrogen (secondary N) is 2. The Kier molecular flexibility index (Phi) is 8.78. The maximum atomic E-state index is 12.9. The lowest BCUT2D eigenvalue weighted by Gasteiger charge is -2.36. The van der Waals surface area contributed by atoms with Gasteiger partial charge in [-0.05, 0) is 61.9 Å². The number of nitrogens with zero attached hydrogens (tertiary/aromatic N) is 1. The van der Waals surface area contributed by atoms with Crippen molar-refractivity contribution in [3.8, 4) is 11.5 Å². The molecule has 1 heterocycles. The number of amides is 3. The molecule has 1 aliphatic rings. The SMILES string of the molecule is COc1ccc(CCC2CCCCN2C(=O)CCNC(=O)Nc2ccccc2)cc1OC. The topological polar surface area (TPSA) is 79.9 Å². The molecule has 2 aromatic rings. The van der Waals surface area contributed by atoms with E-state index in [1.54, 1.807) is 14.2 Å². The molecule has 1 atom stereocenters. The highest BCUT2D eigenvalue weighted by Crippen LogP contribution is 2.29. The quantitative estimate of drug-likeness (QED) is 0.613. The van der Waals surface area contributed by atoms with Gasteiger partial charge >= 0.3 is 6.03 Å². The fraction of sp³-hybridized carbons (Fsp3) is 0.440. The van der Waals surface area contributed by atoms with Crippen LogP contribution < -0.4 is 20.1 Å². The molecular weight excluding hydrogens is 406 g/mol. The van der Waals surface area contributed by atoms with Gasteiger partial charge in [-0.3, -0.25) is 4.79 Å². The van der Waals surface area contributed by atoms with Crippen LogP contribution in [0.5, 0.6) is 11.5 Å². The summed E-state index contributed by atoms with van der Waals surface area (Å²) in [6.45, 7) is 1.10. The lowest BCUT2D eigenvalue weighted by molar-refractivity contribution is -0.134. The molecule has 0 radical (unpaired) electrons. The van der Waals surface area contributed by atoms with E-state index in [2.05, 4.69) is 10.6 Å². The number of urea groups is 1. The number of carbonyl (C=O) groups is 2. The number of methoxy groups -OCH3 is 2. The molecular formula is C25H33N3O4.